The number of amides is 1. The molecular formula is C21H30N2O3. The molecule has 3 fully saturated rings. The molecule has 0 unspecified atom stereocenters. The monoisotopic (exact) mass is 358 g/mol. The summed E-state index contributed by atoms with van der Waals surface area (Å²) in [5, 5.41) is 6.77. The lowest BCUT2D eigenvalue weighted by Crippen LogP contribution is -2.64. The van der Waals surface area contributed by atoms with Crippen molar-refractivity contribution in [1.29, 1.82) is 0 Å². The predicted octanol–water partition coefficient (Wildman–Crippen LogP) is 2.36. The molecule has 5 nitrogen and oxygen atoms in total. The number of ether oxygens (including phenoxy) is 2. The van der Waals surface area contributed by atoms with Crippen LogP contribution in [0.15, 0.2) is 30.3 Å². The fourth-order valence-electron chi connectivity index (χ4n) is 4.95. The topological polar surface area (TPSA) is 59.6 Å². The highest BCUT2D eigenvalue weighted by atomic mass is 16.5. The Labute approximate surface area is 155 Å². The van der Waals surface area contributed by atoms with Crippen molar-refractivity contribution >= 4 is 5.91 Å². The molecule has 1 aliphatic carbocycles. The smallest absolute Gasteiger partial charge is 0.246 e. The number of hydrogen-bond acceptors (Lipinski definition) is 4. The molecule has 1 aromatic carbocycles. The van der Waals surface area contributed by atoms with Gasteiger partial charge in [0.05, 0.1) is 30.9 Å². The van der Waals surface area contributed by atoms with Gasteiger partial charge in [0.25, 0.3) is 0 Å². The van der Waals surface area contributed by atoms with Crippen LogP contribution in [0.2, 0.25) is 0 Å². The number of carbonyl (C=O) groups excluding carboxylic acids is 1. The maximum absolute atomic E-state index is 11.8. The number of morpholine rings is 1. The Morgan fingerprint density at radius 3 is 2.69 bits per heavy atom. The van der Waals surface area contributed by atoms with Crippen LogP contribution in [0.1, 0.15) is 50.5 Å². The molecule has 2 N–H and O–H groups in total. The molecule has 2 saturated heterocycles. The highest BCUT2D eigenvalue weighted by Gasteiger charge is 2.49. The molecule has 1 saturated carbocycles. The molecule has 0 aromatic heterocycles. The zero-order chi connectivity index (χ0) is 18.0. The molecule has 1 spiro atoms. The Morgan fingerprint density at radius 1 is 1.19 bits per heavy atom. The number of rotatable bonds is 4. The molecule has 3 aliphatic rings. The van der Waals surface area contributed by atoms with Crippen LogP contribution in [0.5, 0.6) is 0 Å². The van der Waals surface area contributed by atoms with Gasteiger partial charge >= 0.3 is 0 Å². The average Bonchev–Trinajstić information content (AvgIpc) is 2.95. The van der Waals surface area contributed by atoms with Crippen molar-refractivity contribution in [2.45, 2.75) is 68.7 Å². The van der Waals surface area contributed by atoms with Gasteiger partial charge in [0.1, 0.15) is 6.61 Å². The van der Waals surface area contributed by atoms with Crippen molar-refractivity contribution < 1.29 is 14.3 Å². The van der Waals surface area contributed by atoms with E-state index < -0.39 is 0 Å². The van der Waals surface area contributed by atoms with E-state index in [9.17, 15) is 4.79 Å². The third-order valence-electron chi connectivity index (χ3n) is 6.25. The van der Waals surface area contributed by atoms with E-state index >= 15 is 0 Å². The molecule has 142 valence electrons. The van der Waals surface area contributed by atoms with Gasteiger partial charge in [0.15, 0.2) is 0 Å². The number of benzene rings is 1. The molecular weight excluding hydrogens is 328 g/mol. The molecule has 0 bridgehead atoms. The molecule has 1 aromatic rings. The second-order valence-corrected chi connectivity index (χ2v) is 8.24. The quantitative estimate of drug-likeness (QED) is 0.868. The summed E-state index contributed by atoms with van der Waals surface area (Å²) in [7, 11) is 0. The average molecular weight is 358 g/mol. The highest BCUT2D eigenvalue weighted by Crippen LogP contribution is 2.35. The third-order valence-corrected chi connectivity index (χ3v) is 6.25. The van der Waals surface area contributed by atoms with E-state index in [1.807, 2.05) is 0 Å². The molecule has 26 heavy (non-hydrogen) atoms. The molecule has 4 rings (SSSR count). The number of carbonyl (C=O) groups is 1. The van der Waals surface area contributed by atoms with Crippen LogP contribution in [0.4, 0.5) is 0 Å². The Morgan fingerprint density at radius 2 is 1.96 bits per heavy atom. The zero-order valence-corrected chi connectivity index (χ0v) is 15.6. The lowest BCUT2D eigenvalue weighted by molar-refractivity contribution is -0.136. The molecule has 3 atom stereocenters. The van der Waals surface area contributed by atoms with Crippen LogP contribution in [0, 0.1) is 0 Å². The normalized spacial score (nSPS) is 37.7. The van der Waals surface area contributed by atoms with Crippen molar-refractivity contribution in [2.75, 3.05) is 19.8 Å². The maximum Gasteiger partial charge on any atom is 0.246 e. The largest absolute Gasteiger partial charge is 0.377 e. The fourth-order valence-corrected chi connectivity index (χ4v) is 4.95. The van der Waals surface area contributed by atoms with Gasteiger partial charge in [-0.3, -0.25) is 4.79 Å². The first-order valence-corrected chi connectivity index (χ1v) is 9.96. The SMILES string of the molecule is C[C@@H]1C[C@@]2(COCC(=O)N2)[C@H](COC2CCC(c3ccccc3)CC2)N1. The minimum absolute atomic E-state index is 0.0134. The highest BCUT2D eigenvalue weighted by molar-refractivity contribution is 5.79. The van der Waals surface area contributed by atoms with Gasteiger partial charge in [0.2, 0.25) is 5.91 Å². The minimum Gasteiger partial charge on any atom is -0.377 e. The van der Waals surface area contributed by atoms with Crippen LogP contribution in [0.25, 0.3) is 0 Å². The summed E-state index contributed by atoms with van der Waals surface area (Å²) in [6.45, 7) is 3.54. The first kappa shape index (κ1) is 18.0. The summed E-state index contributed by atoms with van der Waals surface area (Å²) in [5.74, 6) is 0.651. The molecule has 2 aliphatic heterocycles. The van der Waals surface area contributed by atoms with Crippen LogP contribution in [0.3, 0.4) is 0 Å². The van der Waals surface area contributed by atoms with Crippen molar-refractivity contribution in [3.05, 3.63) is 35.9 Å². The maximum atomic E-state index is 11.8. The number of nitrogens with one attached hydrogen (secondary N) is 2. The Kier molecular flexibility index (Phi) is 5.30. The predicted molar refractivity (Wildman–Crippen MR) is 100 cm³/mol. The Hall–Kier alpha value is -1.43. The van der Waals surface area contributed by atoms with Crippen molar-refractivity contribution in [3.8, 4) is 0 Å². The van der Waals surface area contributed by atoms with Gasteiger partial charge in [-0.1, -0.05) is 30.3 Å². The Balaban J connectivity index is 1.29. The molecule has 2 heterocycles. The first-order valence-electron chi connectivity index (χ1n) is 9.96. The summed E-state index contributed by atoms with van der Waals surface area (Å²) in [6, 6.07) is 11.3. The fraction of sp³-hybridized carbons (Fsp3) is 0.667. The lowest BCUT2D eigenvalue weighted by atomic mass is 9.82. The molecule has 1 amide bonds. The van der Waals surface area contributed by atoms with Crippen LogP contribution < -0.4 is 10.6 Å². The van der Waals surface area contributed by atoms with Crippen LogP contribution in [-0.2, 0) is 14.3 Å². The van der Waals surface area contributed by atoms with E-state index in [4.69, 9.17) is 9.47 Å². The molecule has 5 heteroatoms. The van der Waals surface area contributed by atoms with E-state index in [0.717, 1.165) is 19.3 Å². The van der Waals surface area contributed by atoms with Crippen molar-refractivity contribution in [3.63, 3.8) is 0 Å². The summed E-state index contributed by atoms with van der Waals surface area (Å²) in [4.78, 5) is 11.8. The first-order chi connectivity index (χ1) is 12.6. The second kappa shape index (κ2) is 7.67. The standard InChI is InChI=1S/C21H30N2O3/c1-15-11-21(14-25-13-20(24)23-21)19(22-15)12-26-18-9-7-17(8-10-18)16-5-3-2-4-6-16/h2-6,15,17-19,22H,7-14H2,1H3,(H,23,24)/t15-,17?,18?,19+,21-/m1/s1. The summed E-state index contributed by atoms with van der Waals surface area (Å²) >= 11 is 0. The van der Waals surface area contributed by atoms with Gasteiger partial charge in [-0.2, -0.15) is 0 Å². The van der Waals surface area contributed by atoms with Gasteiger partial charge in [-0.15, -0.1) is 0 Å². The zero-order valence-electron chi connectivity index (χ0n) is 15.6. The van der Waals surface area contributed by atoms with Crippen LogP contribution >= 0.6 is 0 Å². The summed E-state index contributed by atoms with van der Waals surface area (Å²) in [6.07, 6.45) is 5.82. The van der Waals surface area contributed by atoms with E-state index in [2.05, 4.69) is 47.9 Å². The third kappa shape index (κ3) is 3.80. The van der Waals surface area contributed by atoms with Gasteiger partial charge < -0.3 is 20.1 Å². The van der Waals surface area contributed by atoms with Gasteiger partial charge in [-0.25, -0.2) is 0 Å². The van der Waals surface area contributed by atoms with Crippen LogP contribution in [-0.4, -0.2) is 49.5 Å². The number of hydrogen-bond donors (Lipinski definition) is 2. The van der Waals surface area contributed by atoms with E-state index in [1.165, 1.54) is 18.4 Å². The van der Waals surface area contributed by atoms with Crippen molar-refractivity contribution in [1.82, 2.24) is 10.6 Å². The van der Waals surface area contributed by atoms with Gasteiger partial charge in [-0.05, 0) is 50.5 Å². The minimum atomic E-state index is -0.310. The van der Waals surface area contributed by atoms with E-state index in [1.54, 1.807) is 0 Å². The lowest BCUT2D eigenvalue weighted by Gasteiger charge is -2.39. The summed E-state index contributed by atoms with van der Waals surface area (Å²) in [5.41, 5.74) is 1.15. The van der Waals surface area contributed by atoms with Crippen molar-refractivity contribution in [2.24, 2.45) is 0 Å². The Bertz CT molecular complexity index is 615. The molecule has 0 radical (unpaired) electrons. The van der Waals surface area contributed by atoms with Gasteiger partial charge in [0, 0.05) is 6.04 Å². The second-order valence-electron chi connectivity index (χ2n) is 8.24. The van der Waals surface area contributed by atoms with E-state index in [-0.39, 0.29) is 24.1 Å². The summed E-state index contributed by atoms with van der Waals surface area (Å²) < 4.78 is 11.8. The van der Waals surface area contributed by atoms with E-state index in [0.29, 0.717) is 31.3 Å².